The molecule has 0 heterocycles. The molecule has 1 aromatic rings. The quantitative estimate of drug-likeness (QED) is 0.150. The van der Waals surface area contributed by atoms with Crippen LogP contribution in [0, 0.1) is 11.8 Å². The topological polar surface area (TPSA) is 133 Å². The van der Waals surface area contributed by atoms with Crippen molar-refractivity contribution in [3.05, 3.63) is 60.2 Å². The average Bonchev–Trinajstić information content (AvgIpc) is 3.16. The summed E-state index contributed by atoms with van der Waals surface area (Å²) < 4.78 is 5.58. The molecule has 1 aliphatic rings. The lowest BCUT2D eigenvalue weighted by atomic mass is 9.89. The monoisotopic (exact) mass is 515 g/mol. The molecule has 0 spiro atoms. The minimum Gasteiger partial charge on any atom is -0.481 e. The first-order valence-corrected chi connectivity index (χ1v) is 13.2. The number of aliphatic carboxylic acids is 1. The summed E-state index contributed by atoms with van der Waals surface area (Å²) in [6, 6.07) is 9.90. The molecule has 0 radical (unpaired) electrons. The van der Waals surface area contributed by atoms with Gasteiger partial charge < -0.3 is 25.4 Å². The number of unbranched alkanes of at least 4 members (excludes halogenated alkanes) is 1. The lowest BCUT2D eigenvalue weighted by Gasteiger charge is -2.22. The second-order valence-corrected chi connectivity index (χ2v) is 9.50. The summed E-state index contributed by atoms with van der Waals surface area (Å²) in [5, 5.41) is 32.8. The van der Waals surface area contributed by atoms with Crippen molar-refractivity contribution in [3.8, 4) is 0 Å². The van der Waals surface area contributed by atoms with E-state index < -0.39 is 30.3 Å². The third-order valence-electron chi connectivity index (χ3n) is 6.57. The van der Waals surface area contributed by atoms with Crippen LogP contribution in [0.3, 0.4) is 0 Å². The number of hydrogen-bond acceptors (Lipinski definition) is 6. The molecule has 1 amide bonds. The number of carboxylic acids is 1. The SMILES string of the molecule is CCNC(=O)CCC/C=C\C[C@H]1C(OC(=O)CCC(=O)O)C[C@@H](O)[C@@H]1/C=C/[C@@H](O)CCc1ccccc1. The standard InChI is InChI=1S/C29H41NO7/c1-2-30-27(33)13-9-4-3-8-12-24-23(17-16-22(31)15-14-21-10-6-5-7-11-21)25(32)20-26(24)37-29(36)19-18-28(34)35/h3,5-8,10-11,16-17,22-26,31-32H,2,4,9,12-15,18-20H2,1H3,(H,30,33)(H,34,35)/b8-3-,17-16+/t22-,23+,24+,25+,26?/m0/s1. The number of carbonyl (C=O) groups is 3. The Balaban J connectivity index is 1.98. The maximum absolute atomic E-state index is 12.2. The van der Waals surface area contributed by atoms with Crippen molar-refractivity contribution in [2.45, 2.75) is 83.0 Å². The van der Waals surface area contributed by atoms with Gasteiger partial charge in [0.2, 0.25) is 5.91 Å². The number of aliphatic hydroxyl groups is 2. The van der Waals surface area contributed by atoms with Gasteiger partial charge in [-0.05, 0) is 44.6 Å². The van der Waals surface area contributed by atoms with E-state index >= 15 is 0 Å². The molecule has 37 heavy (non-hydrogen) atoms. The Hall–Kier alpha value is -2.97. The molecular weight excluding hydrogens is 474 g/mol. The predicted octanol–water partition coefficient (Wildman–Crippen LogP) is 3.56. The van der Waals surface area contributed by atoms with Crippen LogP contribution in [0.1, 0.15) is 63.9 Å². The molecule has 4 N–H and O–H groups in total. The molecular formula is C29H41NO7. The Morgan fingerprint density at radius 1 is 1.14 bits per heavy atom. The summed E-state index contributed by atoms with van der Waals surface area (Å²) in [5.41, 5.74) is 1.14. The summed E-state index contributed by atoms with van der Waals surface area (Å²) >= 11 is 0. The number of benzene rings is 1. The normalized spacial score (nSPS) is 22.4. The Morgan fingerprint density at radius 2 is 1.89 bits per heavy atom. The molecule has 1 fully saturated rings. The largest absolute Gasteiger partial charge is 0.481 e. The highest BCUT2D eigenvalue weighted by atomic mass is 16.5. The van der Waals surface area contributed by atoms with E-state index in [9.17, 15) is 24.6 Å². The Bertz CT molecular complexity index is 899. The second-order valence-electron chi connectivity index (χ2n) is 9.50. The smallest absolute Gasteiger partial charge is 0.306 e. The molecule has 0 aliphatic heterocycles. The number of aryl methyl sites for hydroxylation is 1. The highest BCUT2D eigenvalue weighted by Crippen LogP contribution is 2.38. The maximum Gasteiger partial charge on any atom is 0.306 e. The fraction of sp³-hybridized carbons (Fsp3) is 0.552. The molecule has 0 saturated heterocycles. The minimum atomic E-state index is -1.07. The van der Waals surface area contributed by atoms with Gasteiger partial charge in [-0.1, -0.05) is 54.6 Å². The molecule has 0 bridgehead atoms. The van der Waals surface area contributed by atoms with Gasteiger partial charge in [0.05, 0.1) is 25.0 Å². The zero-order valence-electron chi connectivity index (χ0n) is 21.6. The van der Waals surface area contributed by atoms with E-state index in [1.807, 2.05) is 55.5 Å². The highest BCUT2D eigenvalue weighted by molar-refractivity contribution is 5.76. The van der Waals surface area contributed by atoms with Crippen LogP contribution in [-0.4, -0.2) is 58.0 Å². The fourth-order valence-corrected chi connectivity index (χ4v) is 4.60. The Kier molecular flexibility index (Phi) is 13.7. The minimum absolute atomic E-state index is 0.0270. The van der Waals surface area contributed by atoms with Gasteiger partial charge in [0.25, 0.3) is 0 Å². The number of ether oxygens (including phenoxy) is 1. The van der Waals surface area contributed by atoms with Crippen molar-refractivity contribution in [3.63, 3.8) is 0 Å². The number of carbonyl (C=O) groups excluding carboxylic acids is 2. The maximum atomic E-state index is 12.2. The first-order valence-electron chi connectivity index (χ1n) is 13.2. The molecule has 8 nitrogen and oxygen atoms in total. The molecule has 1 unspecified atom stereocenters. The number of carboxylic acid groups (broad SMARTS) is 1. The van der Waals surface area contributed by atoms with Crippen LogP contribution in [0.4, 0.5) is 0 Å². The van der Waals surface area contributed by atoms with Gasteiger partial charge in [0, 0.05) is 31.2 Å². The number of amides is 1. The van der Waals surface area contributed by atoms with Crippen molar-refractivity contribution in [1.82, 2.24) is 5.32 Å². The Morgan fingerprint density at radius 3 is 2.59 bits per heavy atom. The van der Waals surface area contributed by atoms with E-state index in [-0.39, 0.29) is 37.0 Å². The number of allylic oxidation sites excluding steroid dienone is 2. The Labute approximate surface area is 219 Å². The predicted molar refractivity (Wildman–Crippen MR) is 141 cm³/mol. The third-order valence-corrected chi connectivity index (χ3v) is 6.57. The molecule has 1 aliphatic carbocycles. The van der Waals surface area contributed by atoms with Crippen LogP contribution >= 0.6 is 0 Å². The van der Waals surface area contributed by atoms with E-state index in [2.05, 4.69) is 5.32 Å². The van der Waals surface area contributed by atoms with E-state index in [4.69, 9.17) is 9.84 Å². The van der Waals surface area contributed by atoms with Gasteiger partial charge in [0.1, 0.15) is 6.10 Å². The number of rotatable bonds is 16. The molecule has 5 atom stereocenters. The first-order chi connectivity index (χ1) is 17.8. The van der Waals surface area contributed by atoms with Gasteiger partial charge in [0.15, 0.2) is 0 Å². The summed E-state index contributed by atoms with van der Waals surface area (Å²) in [7, 11) is 0. The lowest BCUT2D eigenvalue weighted by Crippen LogP contribution is -2.25. The van der Waals surface area contributed by atoms with E-state index in [0.717, 1.165) is 24.8 Å². The fourth-order valence-electron chi connectivity index (χ4n) is 4.60. The number of aliphatic hydroxyl groups excluding tert-OH is 2. The second kappa shape index (κ2) is 16.7. The number of nitrogens with one attached hydrogen (secondary N) is 1. The van der Waals surface area contributed by atoms with E-state index in [1.165, 1.54) is 0 Å². The number of esters is 1. The zero-order valence-corrected chi connectivity index (χ0v) is 21.6. The van der Waals surface area contributed by atoms with Crippen LogP contribution in [0.15, 0.2) is 54.6 Å². The highest BCUT2D eigenvalue weighted by Gasteiger charge is 2.42. The van der Waals surface area contributed by atoms with Crippen LogP contribution in [-0.2, 0) is 25.5 Å². The lowest BCUT2D eigenvalue weighted by molar-refractivity contribution is -0.153. The molecule has 8 heteroatoms. The van der Waals surface area contributed by atoms with Crippen molar-refractivity contribution in [1.29, 1.82) is 0 Å². The molecule has 1 saturated carbocycles. The van der Waals surface area contributed by atoms with Gasteiger partial charge in [-0.2, -0.15) is 0 Å². The van der Waals surface area contributed by atoms with Crippen LogP contribution < -0.4 is 5.32 Å². The number of hydrogen-bond donors (Lipinski definition) is 4. The van der Waals surface area contributed by atoms with Crippen LogP contribution in [0.5, 0.6) is 0 Å². The van der Waals surface area contributed by atoms with Gasteiger partial charge in [-0.25, -0.2) is 0 Å². The molecule has 2 rings (SSSR count). The molecule has 204 valence electrons. The third kappa shape index (κ3) is 11.7. The van der Waals surface area contributed by atoms with E-state index in [0.29, 0.717) is 25.8 Å². The summed E-state index contributed by atoms with van der Waals surface area (Å²) in [6.45, 7) is 2.49. The average molecular weight is 516 g/mol. The van der Waals surface area contributed by atoms with Crippen LogP contribution in [0.2, 0.25) is 0 Å². The van der Waals surface area contributed by atoms with Crippen LogP contribution in [0.25, 0.3) is 0 Å². The van der Waals surface area contributed by atoms with Gasteiger partial charge in [-0.3, -0.25) is 14.4 Å². The molecule has 0 aromatic heterocycles. The van der Waals surface area contributed by atoms with Gasteiger partial charge >= 0.3 is 11.9 Å². The van der Waals surface area contributed by atoms with Gasteiger partial charge in [-0.15, -0.1) is 0 Å². The van der Waals surface area contributed by atoms with E-state index in [1.54, 1.807) is 6.08 Å². The summed E-state index contributed by atoms with van der Waals surface area (Å²) in [6.07, 6.45) is 8.98. The van der Waals surface area contributed by atoms with Crippen molar-refractivity contribution >= 4 is 17.8 Å². The summed E-state index contributed by atoms with van der Waals surface area (Å²) in [5.74, 6) is -2.16. The van der Waals surface area contributed by atoms with Crippen molar-refractivity contribution < 1.29 is 34.4 Å². The molecule has 1 aromatic carbocycles. The summed E-state index contributed by atoms with van der Waals surface area (Å²) in [4.78, 5) is 34.6. The first kappa shape index (κ1) is 30.3. The van der Waals surface area contributed by atoms with Crippen molar-refractivity contribution in [2.24, 2.45) is 11.8 Å². The zero-order chi connectivity index (χ0) is 27.0. The van der Waals surface area contributed by atoms with Crippen molar-refractivity contribution in [2.75, 3.05) is 6.54 Å².